The molecular formula is C20H28N2O4. The summed E-state index contributed by atoms with van der Waals surface area (Å²) >= 11 is 0. The summed E-state index contributed by atoms with van der Waals surface area (Å²) in [7, 11) is 0. The Kier molecular flexibility index (Phi) is 7.06. The second kappa shape index (κ2) is 9.27. The molecule has 0 aliphatic carbocycles. The van der Waals surface area contributed by atoms with Crippen LogP contribution in [-0.4, -0.2) is 29.8 Å². The minimum Gasteiger partial charge on any atom is -0.479 e. The summed E-state index contributed by atoms with van der Waals surface area (Å²) < 4.78 is 16.5. The number of allylic oxidation sites excluding steroid dienone is 1. The van der Waals surface area contributed by atoms with Crippen LogP contribution in [0.25, 0.3) is 0 Å². The summed E-state index contributed by atoms with van der Waals surface area (Å²) in [6.07, 6.45) is 5.73. The lowest BCUT2D eigenvalue weighted by atomic mass is 10.0. The number of rotatable bonds is 7. The number of carbonyl (C=O) groups is 1. The third-order valence-electron chi connectivity index (χ3n) is 4.35. The Morgan fingerprint density at radius 2 is 2.04 bits per heavy atom. The first kappa shape index (κ1) is 19.8. The van der Waals surface area contributed by atoms with Crippen molar-refractivity contribution in [2.45, 2.75) is 53.2 Å². The van der Waals surface area contributed by atoms with Gasteiger partial charge in [0.1, 0.15) is 5.75 Å². The first-order valence-electron chi connectivity index (χ1n) is 9.00. The molecule has 2 heterocycles. The maximum absolute atomic E-state index is 12.4. The van der Waals surface area contributed by atoms with Crippen LogP contribution in [0, 0.1) is 5.92 Å². The van der Waals surface area contributed by atoms with Crippen LogP contribution in [-0.2, 0) is 20.7 Å². The van der Waals surface area contributed by atoms with Crippen LogP contribution in [0.15, 0.2) is 42.0 Å². The van der Waals surface area contributed by atoms with Gasteiger partial charge < -0.3 is 19.5 Å². The van der Waals surface area contributed by atoms with Crippen molar-refractivity contribution in [1.82, 2.24) is 10.3 Å². The van der Waals surface area contributed by atoms with Crippen LogP contribution in [0.4, 0.5) is 0 Å². The second-order valence-corrected chi connectivity index (χ2v) is 6.35. The van der Waals surface area contributed by atoms with Crippen molar-refractivity contribution in [3.05, 3.63) is 47.7 Å². The SMILES string of the molecule is C/C=C1/OCO/C1=C/C(C)C(C)NC(=O)C(C)Oc1ccc(CC)nc1. The molecule has 142 valence electrons. The molecule has 0 bridgehead atoms. The van der Waals surface area contributed by atoms with E-state index in [0.29, 0.717) is 11.5 Å². The summed E-state index contributed by atoms with van der Waals surface area (Å²) in [6, 6.07) is 3.66. The van der Waals surface area contributed by atoms with Crippen LogP contribution in [0.1, 0.15) is 40.3 Å². The van der Waals surface area contributed by atoms with E-state index in [4.69, 9.17) is 14.2 Å². The topological polar surface area (TPSA) is 69.7 Å². The minimum atomic E-state index is -0.608. The molecule has 1 N–H and O–H groups in total. The van der Waals surface area contributed by atoms with Gasteiger partial charge in [-0.05, 0) is 57.4 Å². The summed E-state index contributed by atoms with van der Waals surface area (Å²) in [5.74, 6) is 1.94. The van der Waals surface area contributed by atoms with Crippen molar-refractivity contribution in [2.24, 2.45) is 5.92 Å². The summed E-state index contributed by atoms with van der Waals surface area (Å²) in [5.41, 5.74) is 0.989. The van der Waals surface area contributed by atoms with Gasteiger partial charge in [0.2, 0.25) is 6.79 Å². The number of aromatic nitrogens is 1. The molecule has 0 saturated carbocycles. The van der Waals surface area contributed by atoms with E-state index in [0.717, 1.165) is 17.9 Å². The summed E-state index contributed by atoms with van der Waals surface area (Å²) in [6.45, 7) is 9.87. The maximum Gasteiger partial charge on any atom is 0.261 e. The molecule has 2 rings (SSSR count). The lowest BCUT2D eigenvalue weighted by Crippen LogP contribution is -2.43. The number of nitrogens with zero attached hydrogens (tertiary/aromatic N) is 1. The van der Waals surface area contributed by atoms with Crippen molar-refractivity contribution in [2.75, 3.05) is 6.79 Å². The number of nitrogens with one attached hydrogen (secondary N) is 1. The van der Waals surface area contributed by atoms with Crippen LogP contribution in [0.5, 0.6) is 5.75 Å². The fourth-order valence-electron chi connectivity index (χ4n) is 2.46. The maximum atomic E-state index is 12.4. The average molecular weight is 360 g/mol. The van der Waals surface area contributed by atoms with Crippen molar-refractivity contribution in [3.63, 3.8) is 0 Å². The Balaban J connectivity index is 1.89. The monoisotopic (exact) mass is 360 g/mol. The van der Waals surface area contributed by atoms with Gasteiger partial charge in [-0.25, -0.2) is 0 Å². The fourth-order valence-corrected chi connectivity index (χ4v) is 2.46. The first-order valence-corrected chi connectivity index (χ1v) is 9.00. The molecule has 1 aliphatic rings. The highest BCUT2D eigenvalue weighted by atomic mass is 16.7. The fraction of sp³-hybridized carbons (Fsp3) is 0.500. The van der Waals surface area contributed by atoms with Gasteiger partial charge in [-0.2, -0.15) is 0 Å². The van der Waals surface area contributed by atoms with E-state index in [9.17, 15) is 4.79 Å². The Hall–Kier alpha value is -2.50. The molecule has 1 aliphatic heterocycles. The standard InChI is InChI=1S/C20H28N2O4/c1-6-16-8-9-17(11-21-16)26-15(5)20(23)22-14(4)13(3)10-19-18(7-2)24-12-25-19/h7-11,13-15H,6,12H2,1-5H3,(H,22,23)/b18-7+,19-10+. The minimum absolute atomic E-state index is 0.0725. The third-order valence-corrected chi connectivity index (χ3v) is 4.35. The van der Waals surface area contributed by atoms with Crippen LogP contribution in [0.2, 0.25) is 0 Å². The van der Waals surface area contributed by atoms with Crippen molar-refractivity contribution in [1.29, 1.82) is 0 Å². The highest BCUT2D eigenvalue weighted by molar-refractivity contribution is 5.81. The largest absolute Gasteiger partial charge is 0.479 e. The molecule has 6 nitrogen and oxygen atoms in total. The van der Waals surface area contributed by atoms with Gasteiger partial charge in [0.05, 0.1) is 6.20 Å². The predicted octanol–water partition coefficient (Wildman–Crippen LogP) is 3.34. The number of hydrogen-bond acceptors (Lipinski definition) is 5. The van der Waals surface area contributed by atoms with Gasteiger partial charge >= 0.3 is 0 Å². The Labute approximate surface area is 155 Å². The van der Waals surface area contributed by atoms with Gasteiger partial charge in [0.15, 0.2) is 17.6 Å². The molecule has 1 fully saturated rings. The normalized spacial score (nSPS) is 20.2. The van der Waals surface area contributed by atoms with Gasteiger partial charge in [-0.15, -0.1) is 0 Å². The van der Waals surface area contributed by atoms with Crippen molar-refractivity contribution < 1.29 is 19.0 Å². The van der Waals surface area contributed by atoms with Gasteiger partial charge in [0, 0.05) is 11.7 Å². The molecule has 3 atom stereocenters. The molecule has 0 aromatic carbocycles. The Bertz CT molecular complexity index is 667. The highest BCUT2D eigenvalue weighted by Crippen LogP contribution is 2.23. The first-order chi connectivity index (χ1) is 12.4. The summed E-state index contributed by atoms with van der Waals surface area (Å²) in [5, 5.41) is 2.98. The number of carbonyl (C=O) groups excluding carboxylic acids is 1. The predicted molar refractivity (Wildman–Crippen MR) is 99.4 cm³/mol. The van der Waals surface area contributed by atoms with Crippen LogP contribution >= 0.6 is 0 Å². The Morgan fingerprint density at radius 1 is 1.31 bits per heavy atom. The molecule has 26 heavy (non-hydrogen) atoms. The Morgan fingerprint density at radius 3 is 2.65 bits per heavy atom. The number of pyridine rings is 1. The van der Waals surface area contributed by atoms with Crippen molar-refractivity contribution in [3.8, 4) is 5.75 Å². The number of hydrogen-bond donors (Lipinski definition) is 1. The zero-order chi connectivity index (χ0) is 19.1. The molecule has 1 saturated heterocycles. The zero-order valence-electron chi connectivity index (χ0n) is 16.1. The zero-order valence-corrected chi connectivity index (χ0v) is 16.1. The number of amides is 1. The molecule has 6 heteroatoms. The molecule has 1 aromatic heterocycles. The second-order valence-electron chi connectivity index (χ2n) is 6.35. The lowest BCUT2D eigenvalue weighted by Gasteiger charge is -2.22. The molecule has 0 spiro atoms. The number of ether oxygens (including phenoxy) is 3. The molecule has 1 amide bonds. The number of aryl methyl sites for hydroxylation is 1. The highest BCUT2D eigenvalue weighted by Gasteiger charge is 2.22. The van der Waals surface area contributed by atoms with E-state index in [2.05, 4.69) is 10.3 Å². The van der Waals surface area contributed by atoms with Crippen molar-refractivity contribution >= 4 is 5.91 Å². The smallest absolute Gasteiger partial charge is 0.261 e. The molecule has 3 unspecified atom stereocenters. The van der Waals surface area contributed by atoms with E-state index in [-0.39, 0.29) is 24.7 Å². The van der Waals surface area contributed by atoms with E-state index in [1.54, 1.807) is 13.1 Å². The van der Waals surface area contributed by atoms with Crippen LogP contribution < -0.4 is 10.1 Å². The van der Waals surface area contributed by atoms with E-state index in [1.807, 2.05) is 52.0 Å². The van der Waals surface area contributed by atoms with E-state index < -0.39 is 6.10 Å². The molecule has 0 radical (unpaired) electrons. The molecular weight excluding hydrogens is 332 g/mol. The van der Waals surface area contributed by atoms with Gasteiger partial charge in [-0.3, -0.25) is 9.78 Å². The lowest BCUT2D eigenvalue weighted by molar-refractivity contribution is -0.128. The average Bonchev–Trinajstić information content (AvgIpc) is 3.09. The van der Waals surface area contributed by atoms with E-state index >= 15 is 0 Å². The quantitative estimate of drug-likeness (QED) is 0.807. The van der Waals surface area contributed by atoms with Crippen LogP contribution in [0.3, 0.4) is 0 Å². The van der Waals surface area contributed by atoms with E-state index in [1.165, 1.54) is 0 Å². The summed E-state index contributed by atoms with van der Waals surface area (Å²) in [4.78, 5) is 16.7. The van der Waals surface area contributed by atoms with Gasteiger partial charge in [-0.1, -0.05) is 13.8 Å². The third kappa shape index (κ3) is 5.25. The molecule has 1 aromatic rings. The van der Waals surface area contributed by atoms with Gasteiger partial charge in [0.25, 0.3) is 5.91 Å².